The Morgan fingerprint density at radius 3 is 3.17 bits per heavy atom. The molecule has 12 heavy (non-hydrogen) atoms. The summed E-state index contributed by atoms with van der Waals surface area (Å²) in [6, 6.07) is 7.89. The lowest BCUT2D eigenvalue weighted by Crippen LogP contribution is -2.36. The monoisotopic (exact) mass is 164 g/mol. The number of rotatable bonds is 1. The summed E-state index contributed by atoms with van der Waals surface area (Å²) in [5.41, 5.74) is 6.55. The van der Waals surface area contributed by atoms with Crippen LogP contribution in [-0.2, 0) is 0 Å². The van der Waals surface area contributed by atoms with Crippen molar-refractivity contribution in [2.45, 2.75) is 6.10 Å². The first-order valence-corrected chi connectivity index (χ1v) is 4.10. The maximum atomic E-state index is 5.59. The molecule has 1 aromatic rings. The third-order valence-electron chi connectivity index (χ3n) is 1.96. The van der Waals surface area contributed by atoms with E-state index in [2.05, 4.69) is 5.32 Å². The van der Waals surface area contributed by atoms with Crippen molar-refractivity contribution in [2.75, 3.05) is 18.4 Å². The Morgan fingerprint density at radius 1 is 1.50 bits per heavy atom. The van der Waals surface area contributed by atoms with Crippen molar-refractivity contribution in [3.63, 3.8) is 0 Å². The number of nitrogens with two attached hydrogens (primary N) is 1. The van der Waals surface area contributed by atoms with Crippen molar-refractivity contribution in [2.24, 2.45) is 5.73 Å². The van der Waals surface area contributed by atoms with Gasteiger partial charge in [-0.15, -0.1) is 0 Å². The van der Waals surface area contributed by atoms with E-state index in [1.165, 1.54) is 0 Å². The van der Waals surface area contributed by atoms with Gasteiger partial charge in [-0.3, -0.25) is 0 Å². The van der Waals surface area contributed by atoms with Crippen molar-refractivity contribution in [1.29, 1.82) is 0 Å². The molecule has 0 spiro atoms. The van der Waals surface area contributed by atoms with Crippen LogP contribution in [0.3, 0.4) is 0 Å². The van der Waals surface area contributed by atoms with E-state index in [1.54, 1.807) is 0 Å². The molecule has 1 aromatic carbocycles. The van der Waals surface area contributed by atoms with E-state index in [9.17, 15) is 0 Å². The molecule has 1 heterocycles. The van der Waals surface area contributed by atoms with Gasteiger partial charge in [-0.1, -0.05) is 12.1 Å². The maximum Gasteiger partial charge on any atom is 0.142 e. The number of fused-ring (bicyclic) bond motifs is 1. The van der Waals surface area contributed by atoms with E-state index in [-0.39, 0.29) is 6.10 Å². The van der Waals surface area contributed by atoms with Crippen LogP contribution in [0.1, 0.15) is 0 Å². The fourth-order valence-corrected chi connectivity index (χ4v) is 1.29. The third kappa shape index (κ3) is 1.23. The molecule has 0 bridgehead atoms. The minimum absolute atomic E-state index is 0.111. The smallest absolute Gasteiger partial charge is 0.142 e. The van der Waals surface area contributed by atoms with Gasteiger partial charge in [0.2, 0.25) is 0 Å². The minimum Gasteiger partial charge on any atom is -0.485 e. The van der Waals surface area contributed by atoms with Crippen LogP contribution >= 0.6 is 0 Å². The molecule has 3 N–H and O–H groups in total. The fraction of sp³-hybridized carbons (Fsp3) is 0.333. The van der Waals surface area contributed by atoms with E-state index in [1.807, 2.05) is 24.3 Å². The number of ether oxygens (including phenoxy) is 1. The zero-order valence-corrected chi connectivity index (χ0v) is 6.79. The summed E-state index contributed by atoms with van der Waals surface area (Å²) in [6.45, 7) is 1.36. The molecule has 0 unspecified atom stereocenters. The molecule has 1 atom stereocenters. The minimum atomic E-state index is 0.111. The largest absolute Gasteiger partial charge is 0.485 e. The summed E-state index contributed by atoms with van der Waals surface area (Å²) in [5, 5.41) is 3.26. The van der Waals surface area contributed by atoms with Gasteiger partial charge in [-0.25, -0.2) is 0 Å². The first-order chi connectivity index (χ1) is 5.90. The van der Waals surface area contributed by atoms with Gasteiger partial charge in [0.05, 0.1) is 12.2 Å². The lowest BCUT2D eigenvalue weighted by atomic mass is 10.2. The number of hydrogen-bond donors (Lipinski definition) is 2. The van der Waals surface area contributed by atoms with Crippen molar-refractivity contribution in [3.05, 3.63) is 24.3 Å². The van der Waals surface area contributed by atoms with Crippen LogP contribution in [0, 0.1) is 0 Å². The molecule has 0 aromatic heterocycles. The van der Waals surface area contributed by atoms with Gasteiger partial charge in [0, 0.05) is 6.54 Å². The molecule has 2 rings (SSSR count). The standard InChI is InChI=1S/C9H12N2O/c10-5-7-6-11-8-3-1-2-4-9(8)12-7/h1-4,7,11H,5-6,10H2/t7-/m1/s1. The zero-order chi connectivity index (χ0) is 8.39. The zero-order valence-electron chi connectivity index (χ0n) is 6.79. The highest BCUT2D eigenvalue weighted by Gasteiger charge is 2.16. The molecule has 64 valence electrons. The number of benzene rings is 1. The molecule has 3 heteroatoms. The van der Waals surface area contributed by atoms with Crippen LogP contribution in [0.5, 0.6) is 5.75 Å². The second-order valence-electron chi connectivity index (χ2n) is 2.85. The Morgan fingerprint density at radius 2 is 2.33 bits per heavy atom. The Hall–Kier alpha value is -1.22. The molecule has 1 aliphatic rings. The molecule has 3 nitrogen and oxygen atoms in total. The fourth-order valence-electron chi connectivity index (χ4n) is 1.29. The van der Waals surface area contributed by atoms with Crippen LogP contribution in [0.2, 0.25) is 0 Å². The summed E-state index contributed by atoms with van der Waals surface area (Å²) in [7, 11) is 0. The molecular weight excluding hydrogens is 152 g/mol. The molecule has 0 radical (unpaired) electrons. The van der Waals surface area contributed by atoms with E-state index in [4.69, 9.17) is 10.5 Å². The molecule has 0 amide bonds. The van der Waals surface area contributed by atoms with Gasteiger partial charge in [0.15, 0.2) is 0 Å². The van der Waals surface area contributed by atoms with E-state index in [0.717, 1.165) is 18.0 Å². The van der Waals surface area contributed by atoms with Crippen LogP contribution in [-0.4, -0.2) is 19.2 Å². The summed E-state index contributed by atoms with van der Waals surface area (Å²) in [6.07, 6.45) is 0.111. The Kier molecular flexibility index (Phi) is 1.87. The SMILES string of the molecule is NC[C@@H]1CNc2ccccc2O1. The second-order valence-corrected chi connectivity index (χ2v) is 2.85. The summed E-state index contributed by atoms with van der Waals surface area (Å²) in [5.74, 6) is 0.902. The predicted octanol–water partition coefficient (Wildman–Crippen LogP) is 0.818. The highest BCUT2D eigenvalue weighted by Crippen LogP contribution is 2.27. The highest BCUT2D eigenvalue weighted by molar-refractivity contribution is 5.57. The van der Waals surface area contributed by atoms with Gasteiger partial charge in [0.25, 0.3) is 0 Å². The van der Waals surface area contributed by atoms with E-state index < -0.39 is 0 Å². The normalized spacial score (nSPS) is 20.6. The number of hydrogen-bond acceptors (Lipinski definition) is 3. The summed E-state index contributed by atoms with van der Waals surface area (Å²) < 4.78 is 5.59. The average molecular weight is 164 g/mol. The summed E-state index contributed by atoms with van der Waals surface area (Å²) >= 11 is 0. The van der Waals surface area contributed by atoms with Crippen molar-refractivity contribution in [1.82, 2.24) is 0 Å². The lowest BCUT2D eigenvalue weighted by Gasteiger charge is -2.26. The third-order valence-corrected chi connectivity index (χ3v) is 1.96. The molecule has 0 aliphatic carbocycles. The summed E-state index contributed by atoms with van der Waals surface area (Å²) in [4.78, 5) is 0. The predicted molar refractivity (Wildman–Crippen MR) is 48.4 cm³/mol. The Labute approximate surface area is 71.5 Å². The topological polar surface area (TPSA) is 47.3 Å². The highest BCUT2D eigenvalue weighted by atomic mass is 16.5. The van der Waals surface area contributed by atoms with Crippen LogP contribution in [0.4, 0.5) is 5.69 Å². The van der Waals surface area contributed by atoms with E-state index in [0.29, 0.717) is 6.54 Å². The van der Waals surface area contributed by atoms with Crippen molar-refractivity contribution >= 4 is 5.69 Å². The van der Waals surface area contributed by atoms with Crippen molar-refractivity contribution in [3.8, 4) is 5.75 Å². The maximum absolute atomic E-state index is 5.59. The first-order valence-electron chi connectivity index (χ1n) is 4.10. The van der Waals surface area contributed by atoms with Gasteiger partial charge < -0.3 is 15.8 Å². The second kappa shape index (κ2) is 3.03. The molecule has 0 saturated carbocycles. The van der Waals surface area contributed by atoms with Crippen LogP contribution < -0.4 is 15.8 Å². The lowest BCUT2D eigenvalue weighted by molar-refractivity contribution is 0.214. The number of para-hydroxylation sites is 2. The van der Waals surface area contributed by atoms with Gasteiger partial charge in [0.1, 0.15) is 11.9 Å². The molecule has 0 saturated heterocycles. The van der Waals surface area contributed by atoms with Crippen LogP contribution in [0.25, 0.3) is 0 Å². The van der Waals surface area contributed by atoms with E-state index >= 15 is 0 Å². The molecule has 1 aliphatic heterocycles. The molecule has 0 fully saturated rings. The molecular formula is C9H12N2O. The number of anilines is 1. The quantitative estimate of drug-likeness (QED) is 0.646. The van der Waals surface area contributed by atoms with Gasteiger partial charge in [-0.2, -0.15) is 0 Å². The van der Waals surface area contributed by atoms with Crippen molar-refractivity contribution < 1.29 is 4.74 Å². The number of nitrogens with one attached hydrogen (secondary N) is 1. The first kappa shape index (κ1) is 7.43. The Balaban J connectivity index is 2.23. The Bertz CT molecular complexity index is 275. The average Bonchev–Trinajstić information content (AvgIpc) is 2.17. The van der Waals surface area contributed by atoms with Gasteiger partial charge >= 0.3 is 0 Å². The van der Waals surface area contributed by atoms with Gasteiger partial charge in [-0.05, 0) is 12.1 Å². The van der Waals surface area contributed by atoms with Crippen LogP contribution in [0.15, 0.2) is 24.3 Å².